The maximum absolute atomic E-state index is 12.3. The molecule has 0 saturated carbocycles. The molecular formula is C20H16N4O7S. The monoisotopic (exact) mass is 456 g/mol. The van der Waals surface area contributed by atoms with E-state index in [0.717, 1.165) is 0 Å². The van der Waals surface area contributed by atoms with Crippen molar-refractivity contribution in [3.63, 3.8) is 0 Å². The number of hydrogen-bond acceptors (Lipinski definition) is 9. The number of benzene rings is 1. The Morgan fingerprint density at radius 1 is 1.28 bits per heavy atom. The van der Waals surface area contributed by atoms with Gasteiger partial charge >= 0.3 is 5.97 Å². The van der Waals surface area contributed by atoms with E-state index in [0.29, 0.717) is 17.3 Å². The molecule has 0 bridgehead atoms. The number of rotatable bonds is 7. The van der Waals surface area contributed by atoms with E-state index < -0.39 is 27.9 Å². The van der Waals surface area contributed by atoms with Crippen LogP contribution in [0.3, 0.4) is 0 Å². The molecule has 0 aliphatic carbocycles. The Kier molecular flexibility index (Phi) is 6.95. The van der Waals surface area contributed by atoms with Gasteiger partial charge in [-0.15, -0.1) is 0 Å². The largest absolute Gasteiger partial charge is 0.462 e. The third-order valence-corrected chi connectivity index (χ3v) is 4.95. The second-order valence-corrected chi connectivity index (χ2v) is 7.39. The molecule has 2 aromatic rings. The number of amides is 3. The average Bonchev–Trinajstić information content (AvgIpc) is 3.06. The fourth-order valence-electron chi connectivity index (χ4n) is 2.73. The minimum Gasteiger partial charge on any atom is -0.462 e. The van der Waals surface area contributed by atoms with Crippen molar-refractivity contribution in [2.75, 3.05) is 11.9 Å². The van der Waals surface area contributed by atoms with Crippen LogP contribution in [0, 0.1) is 10.1 Å². The lowest BCUT2D eigenvalue weighted by Gasteiger charge is -2.07. The van der Waals surface area contributed by atoms with Crippen LogP contribution in [0.5, 0.6) is 0 Å². The maximum Gasteiger partial charge on any atom is 0.339 e. The minimum atomic E-state index is -0.635. The van der Waals surface area contributed by atoms with Crippen molar-refractivity contribution < 1.29 is 28.8 Å². The third-order valence-electron chi connectivity index (χ3n) is 4.14. The van der Waals surface area contributed by atoms with Crippen molar-refractivity contribution >= 4 is 52.4 Å². The lowest BCUT2D eigenvalue weighted by Crippen LogP contribution is -2.17. The second-order valence-electron chi connectivity index (χ2n) is 6.38. The summed E-state index contributed by atoms with van der Waals surface area (Å²) >= 11 is 0.696. The highest BCUT2D eigenvalue weighted by Crippen LogP contribution is 2.28. The van der Waals surface area contributed by atoms with Crippen LogP contribution in [-0.2, 0) is 20.7 Å². The summed E-state index contributed by atoms with van der Waals surface area (Å²) in [5.41, 5.74) is 0.401. The molecule has 3 rings (SSSR count). The number of hydrogen-bond donors (Lipinski definition) is 2. The molecule has 1 aromatic carbocycles. The second kappa shape index (κ2) is 9.83. The van der Waals surface area contributed by atoms with Crippen molar-refractivity contribution in [1.82, 2.24) is 10.3 Å². The Labute approximate surface area is 185 Å². The van der Waals surface area contributed by atoms with Crippen LogP contribution in [0.15, 0.2) is 41.4 Å². The highest BCUT2D eigenvalue weighted by atomic mass is 32.2. The molecule has 32 heavy (non-hydrogen) atoms. The van der Waals surface area contributed by atoms with E-state index in [1.807, 2.05) is 0 Å². The Balaban J connectivity index is 1.72. The van der Waals surface area contributed by atoms with Gasteiger partial charge in [-0.2, -0.15) is 0 Å². The predicted molar refractivity (Wildman–Crippen MR) is 115 cm³/mol. The van der Waals surface area contributed by atoms with Crippen molar-refractivity contribution in [2.45, 2.75) is 13.3 Å². The van der Waals surface area contributed by atoms with Crippen LogP contribution < -0.4 is 10.6 Å². The van der Waals surface area contributed by atoms with E-state index in [4.69, 9.17) is 4.74 Å². The molecule has 0 atom stereocenters. The molecule has 0 radical (unpaired) electrons. The summed E-state index contributed by atoms with van der Waals surface area (Å²) < 4.78 is 4.85. The molecular weight excluding hydrogens is 440 g/mol. The quantitative estimate of drug-likeness (QED) is 0.276. The van der Waals surface area contributed by atoms with Crippen LogP contribution in [0.1, 0.15) is 28.4 Å². The van der Waals surface area contributed by atoms with Gasteiger partial charge in [0.15, 0.2) is 0 Å². The van der Waals surface area contributed by atoms with Crippen molar-refractivity contribution in [3.8, 4) is 0 Å². The van der Waals surface area contributed by atoms with Gasteiger partial charge in [-0.05, 0) is 42.5 Å². The van der Waals surface area contributed by atoms with Crippen LogP contribution >= 0.6 is 11.8 Å². The number of nitro benzene ring substituents is 1. The van der Waals surface area contributed by atoms with Crippen LogP contribution in [0.25, 0.3) is 6.08 Å². The number of carbonyl (C=O) groups is 4. The molecule has 3 amide bonds. The van der Waals surface area contributed by atoms with Gasteiger partial charge in [-0.1, -0.05) is 12.1 Å². The van der Waals surface area contributed by atoms with Gasteiger partial charge in [-0.25, -0.2) is 9.78 Å². The van der Waals surface area contributed by atoms with Crippen molar-refractivity contribution in [3.05, 3.63) is 68.2 Å². The van der Waals surface area contributed by atoms with Gasteiger partial charge in [0.1, 0.15) is 5.82 Å². The number of nitro groups is 1. The van der Waals surface area contributed by atoms with E-state index in [1.165, 1.54) is 42.6 Å². The molecule has 12 heteroatoms. The molecule has 1 aliphatic heterocycles. The average molecular weight is 456 g/mol. The van der Waals surface area contributed by atoms with Crippen molar-refractivity contribution in [1.29, 1.82) is 0 Å². The first-order chi connectivity index (χ1) is 15.3. The Hall–Kier alpha value is -4.06. The molecule has 11 nitrogen and oxygen atoms in total. The van der Waals surface area contributed by atoms with E-state index in [2.05, 4.69) is 15.6 Å². The molecule has 2 N–H and O–H groups in total. The highest BCUT2D eigenvalue weighted by Gasteiger charge is 2.25. The van der Waals surface area contributed by atoms with Gasteiger partial charge in [0.2, 0.25) is 5.91 Å². The zero-order valence-corrected chi connectivity index (χ0v) is 17.4. The zero-order chi connectivity index (χ0) is 23.3. The minimum absolute atomic E-state index is 0.118. The van der Waals surface area contributed by atoms with E-state index in [-0.39, 0.29) is 40.6 Å². The Morgan fingerprint density at radius 2 is 2.06 bits per heavy atom. The van der Waals surface area contributed by atoms with Crippen LogP contribution in [0.2, 0.25) is 0 Å². The van der Waals surface area contributed by atoms with E-state index in [1.54, 1.807) is 6.92 Å². The number of aromatic nitrogens is 1. The van der Waals surface area contributed by atoms with Gasteiger partial charge < -0.3 is 10.1 Å². The summed E-state index contributed by atoms with van der Waals surface area (Å²) in [5, 5.41) is 15.6. The van der Waals surface area contributed by atoms with Crippen molar-refractivity contribution in [2.24, 2.45) is 0 Å². The van der Waals surface area contributed by atoms with Crippen LogP contribution in [0.4, 0.5) is 16.3 Å². The molecule has 1 aliphatic rings. The number of carbonyl (C=O) groups excluding carboxylic acids is 4. The van der Waals surface area contributed by atoms with Crippen LogP contribution in [-0.4, -0.2) is 39.5 Å². The Bertz CT molecular complexity index is 1150. The molecule has 1 saturated heterocycles. The first-order valence-corrected chi connectivity index (χ1v) is 10.0. The van der Waals surface area contributed by atoms with Gasteiger partial charge in [-0.3, -0.25) is 29.8 Å². The number of anilines is 1. The molecule has 0 spiro atoms. The maximum atomic E-state index is 12.3. The van der Waals surface area contributed by atoms with E-state index in [9.17, 15) is 29.3 Å². The van der Waals surface area contributed by atoms with Gasteiger partial charge in [0.25, 0.3) is 16.8 Å². The summed E-state index contributed by atoms with van der Waals surface area (Å²) in [5.74, 6) is -1.50. The number of esters is 1. The topological polar surface area (TPSA) is 158 Å². The predicted octanol–water partition coefficient (Wildman–Crippen LogP) is 2.67. The SMILES string of the molecule is CCOC(=O)c1ccc(NC(=O)Cc2ccc(/C=C3\SC(=O)NC3=O)cc2[N+](=O)[O-])nc1. The fourth-order valence-corrected chi connectivity index (χ4v) is 3.41. The summed E-state index contributed by atoms with van der Waals surface area (Å²) in [6.45, 7) is 1.89. The molecule has 164 valence electrons. The number of pyridine rings is 1. The highest BCUT2D eigenvalue weighted by molar-refractivity contribution is 8.18. The summed E-state index contributed by atoms with van der Waals surface area (Å²) in [4.78, 5) is 61.8. The number of nitrogens with one attached hydrogen (secondary N) is 2. The van der Waals surface area contributed by atoms with Gasteiger partial charge in [0.05, 0.1) is 28.4 Å². The lowest BCUT2D eigenvalue weighted by atomic mass is 10.1. The molecule has 1 fully saturated rings. The standard InChI is InChI=1S/C20H16N4O7S/c1-2-31-19(27)13-5-6-16(21-10-13)22-17(25)9-12-4-3-11(7-14(12)24(29)30)8-15-18(26)23-20(28)32-15/h3-8,10H,2,9H2,1H3,(H,21,22,25)(H,23,26,28)/b15-8-. The summed E-state index contributed by atoms with van der Waals surface area (Å²) in [6, 6.07) is 6.98. The first kappa shape index (κ1) is 22.6. The van der Waals surface area contributed by atoms with E-state index >= 15 is 0 Å². The molecule has 0 unspecified atom stereocenters. The summed E-state index contributed by atoms with van der Waals surface area (Å²) in [7, 11) is 0. The first-order valence-electron chi connectivity index (χ1n) is 9.22. The van der Waals surface area contributed by atoms with Gasteiger partial charge in [0, 0.05) is 17.8 Å². The Morgan fingerprint density at radius 3 is 2.66 bits per heavy atom. The number of imide groups is 1. The summed E-state index contributed by atoms with van der Waals surface area (Å²) in [6.07, 6.45) is 2.30. The zero-order valence-electron chi connectivity index (χ0n) is 16.6. The number of ether oxygens (including phenoxy) is 1. The number of thioether (sulfide) groups is 1. The smallest absolute Gasteiger partial charge is 0.339 e. The third kappa shape index (κ3) is 5.55. The number of nitrogens with zero attached hydrogens (tertiary/aromatic N) is 2. The molecule has 1 aromatic heterocycles. The normalized spacial score (nSPS) is 14.2. The molecule has 2 heterocycles. The lowest BCUT2D eigenvalue weighted by molar-refractivity contribution is -0.385. The fraction of sp³-hybridized carbons (Fsp3) is 0.150.